The van der Waals surface area contributed by atoms with Gasteiger partial charge in [0.05, 0.1) is 35.9 Å². The number of rotatable bonds is 8. The van der Waals surface area contributed by atoms with Crippen LogP contribution < -0.4 is 21.6 Å². The van der Waals surface area contributed by atoms with E-state index in [0.29, 0.717) is 12.5 Å². The van der Waals surface area contributed by atoms with E-state index in [1.54, 1.807) is 5.57 Å². The summed E-state index contributed by atoms with van der Waals surface area (Å²) in [4.78, 5) is 10.4. The summed E-state index contributed by atoms with van der Waals surface area (Å²) in [5.74, 6) is 1.68. The first-order valence-electron chi connectivity index (χ1n) is 13.1. The summed E-state index contributed by atoms with van der Waals surface area (Å²) in [5, 5.41) is 7.97. The quantitative estimate of drug-likeness (QED) is 0.238. The van der Waals surface area contributed by atoms with Crippen LogP contribution in [0.25, 0.3) is 5.70 Å². The molecule has 3 aliphatic rings. The number of nitrogens with zero attached hydrogens (tertiary/aromatic N) is 1. The molecular weight excluding hydrogens is 482 g/mol. The molecule has 0 saturated heterocycles. The number of likely N-dealkylation sites (N-methyl/N-ethyl adjacent to an activating group) is 1. The second kappa shape index (κ2) is 12.9. The maximum absolute atomic E-state index is 8.95. The molecule has 1 atom stereocenters. The third-order valence-corrected chi connectivity index (χ3v) is 8.58. The Hall–Kier alpha value is -3.10. The Morgan fingerprint density at radius 3 is 2.35 bits per heavy atom. The van der Waals surface area contributed by atoms with E-state index < -0.39 is 0 Å². The number of para-hydroxylation sites is 2. The fourth-order valence-corrected chi connectivity index (χ4v) is 6.69. The first-order valence-corrected chi connectivity index (χ1v) is 13.9. The Balaban J connectivity index is 0.000000747. The Morgan fingerprint density at radius 1 is 1.05 bits per heavy atom. The third kappa shape index (κ3) is 6.25. The van der Waals surface area contributed by atoms with E-state index in [4.69, 9.17) is 4.79 Å². The van der Waals surface area contributed by atoms with Crippen molar-refractivity contribution in [3.8, 4) is 0 Å². The van der Waals surface area contributed by atoms with Crippen molar-refractivity contribution in [2.45, 2.75) is 45.1 Å². The number of hydrogen-bond donors (Lipinski definition) is 4. The number of thioether (sulfide) groups is 1. The van der Waals surface area contributed by atoms with Gasteiger partial charge >= 0.3 is 0 Å². The molecule has 0 bridgehead atoms. The number of fused-ring (bicyclic) bond motifs is 1. The van der Waals surface area contributed by atoms with Gasteiger partial charge in [0.1, 0.15) is 0 Å². The molecule has 0 amide bonds. The molecule has 2 aliphatic heterocycles. The summed E-state index contributed by atoms with van der Waals surface area (Å²) < 4.78 is 3.86. The number of anilines is 3. The molecule has 2 aromatic rings. The predicted octanol–water partition coefficient (Wildman–Crippen LogP) is 6.29. The average Bonchev–Trinajstić information content (AvgIpc) is 3.54. The highest BCUT2D eigenvalue weighted by Crippen LogP contribution is 2.49. The number of hydrazine groups is 2. The molecule has 37 heavy (non-hydrogen) atoms. The molecule has 5 rings (SSSR count). The van der Waals surface area contributed by atoms with Gasteiger partial charge in [-0.25, -0.2) is 5.01 Å². The van der Waals surface area contributed by atoms with Gasteiger partial charge in [-0.05, 0) is 78.3 Å². The lowest BCUT2D eigenvalue weighted by molar-refractivity contribution is -0.126. The van der Waals surface area contributed by atoms with E-state index >= 15 is 0 Å². The molecule has 2 aromatic carbocycles. The number of carbonyl (C=O) groups is 1. The normalized spacial score (nSPS) is 22.7. The minimum absolute atomic E-state index is 0.375. The molecule has 1 aliphatic carbocycles. The number of ether oxygens (including phenoxy) is 1. The molecule has 8 heteroatoms. The summed E-state index contributed by atoms with van der Waals surface area (Å²) in [7, 11) is 5.43. The number of hydrogen-bond acceptors (Lipinski definition) is 8. The topological polar surface area (TPSA) is 77.7 Å². The minimum atomic E-state index is 0.375. The van der Waals surface area contributed by atoms with Crippen molar-refractivity contribution in [2.75, 3.05) is 37.4 Å². The average molecular weight is 522 g/mol. The first-order chi connectivity index (χ1) is 18.1. The highest BCUT2D eigenvalue weighted by Gasteiger charge is 2.40. The highest BCUT2D eigenvalue weighted by molar-refractivity contribution is 8.06. The molecule has 7 nitrogen and oxygen atoms in total. The molecule has 2 heterocycles. The standard InChI is InChI=1S/C27H35N5S.C2H4O2/c1-4-18-9-11-19(12-10-18)22-17-33-27-25(31-32(3)26(22)27)20-13-15-21(16-14-20)29-30-24-8-6-5-7-23(24)28-2;1-4-2-3/h5-8,13-19,26,28-31H,4,9-12H2,1-3H3;2H,1H3. The molecular formula is C29H39N5O2S. The zero-order valence-corrected chi connectivity index (χ0v) is 23.0. The fourth-order valence-electron chi connectivity index (χ4n) is 5.40. The van der Waals surface area contributed by atoms with Gasteiger partial charge in [0, 0.05) is 19.0 Å². The van der Waals surface area contributed by atoms with E-state index in [9.17, 15) is 0 Å². The maximum Gasteiger partial charge on any atom is 0.292 e. The smallest absolute Gasteiger partial charge is 0.292 e. The molecule has 1 unspecified atom stereocenters. The lowest BCUT2D eigenvalue weighted by Gasteiger charge is -2.32. The molecule has 0 spiro atoms. The van der Waals surface area contributed by atoms with Crippen molar-refractivity contribution in [2.24, 2.45) is 11.8 Å². The van der Waals surface area contributed by atoms with Crippen LogP contribution in [0.15, 0.2) is 64.4 Å². The van der Waals surface area contributed by atoms with Crippen molar-refractivity contribution in [1.82, 2.24) is 10.4 Å². The van der Waals surface area contributed by atoms with Gasteiger partial charge in [-0.1, -0.05) is 49.4 Å². The summed E-state index contributed by atoms with van der Waals surface area (Å²) in [6, 6.07) is 17.2. The largest absolute Gasteiger partial charge is 0.471 e. The summed E-state index contributed by atoms with van der Waals surface area (Å²) in [5.41, 5.74) is 17.5. The van der Waals surface area contributed by atoms with Crippen LogP contribution in [0.3, 0.4) is 0 Å². The fraction of sp³-hybridized carbons (Fsp3) is 0.414. The molecule has 0 aromatic heterocycles. The van der Waals surface area contributed by atoms with Crippen LogP contribution in [0.5, 0.6) is 0 Å². The van der Waals surface area contributed by atoms with Gasteiger partial charge in [-0.2, -0.15) is 0 Å². The summed E-state index contributed by atoms with van der Waals surface area (Å²) in [6.07, 6.45) is 6.81. The van der Waals surface area contributed by atoms with Crippen molar-refractivity contribution in [3.05, 3.63) is 70.0 Å². The third-order valence-electron chi connectivity index (χ3n) is 7.51. The van der Waals surface area contributed by atoms with Gasteiger partial charge in [-0.15, -0.1) is 0 Å². The molecule has 0 radical (unpaired) electrons. The van der Waals surface area contributed by atoms with Crippen LogP contribution >= 0.6 is 11.8 Å². The Bertz CT molecular complexity index is 1110. The maximum atomic E-state index is 8.95. The predicted molar refractivity (Wildman–Crippen MR) is 156 cm³/mol. The zero-order chi connectivity index (χ0) is 26.2. The molecule has 1 saturated carbocycles. The second-order valence-corrected chi connectivity index (χ2v) is 10.6. The lowest BCUT2D eigenvalue weighted by Crippen LogP contribution is -2.37. The molecule has 4 N–H and O–H groups in total. The number of carbonyl (C=O) groups excluding carboxylic acids is 1. The van der Waals surface area contributed by atoms with E-state index in [0.717, 1.165) is 28.9 Å². The van der Waals surface area contributed by atoms with Crippen molar-refractivity contribution < 1.29 is 9.53 Å². The van der Waals surface area contributed by atoms with Gasteiger partial charge in [0.15, 0.2) is 0 Å². The van der Waals surface area contributed by atoms with E-state index in [1.807, 2.05) is 30.9 Å². The SMILES string of the molecule is CCC1CCC(C2=CSC3=C(c4ccc(NNc5ccccc5NC)cc4)NN(C)C23)CC1.COC=O. The number of benzene rings is 2. The zero-order valence-electron chi connectivity index (χ0n) is 22.2. The van der Waals surface area contributed by atoms with Crippen molar-refractivity contribution >= 4 is 41.0 Å². The Labute approximate surface area is 225 Å². The van der Waals surface area contributed by atoms with E-state index in [1.165, 1.54) is 55.4 Å². The van der Waals surface area contributed by atoms with Crippen LogP contribution in [-0.4, -0.2) is 38.7 Å². The van der Waals surface area contributed by atoms with Crippen LogP contribution in [0.4, 0.5) is 17.1 Å². The van der Waals surface area contributed by atoms with Crippen LogP contribution in [-0.2, 0) is 9.53 Å². The van der Waals surface area contributed by atoms with Crippen LogP contribution in [0, 0.1) is 11.8 Å². The van der Waals surface area contributed by atoms with E-state index in [-0.39, 0.29) is 0 Å². The van der Waals surface area contributed by atoms with Crippen LogP contribution in [0.1, 0.15) is 44.6 Å². The van der Waals surface area contributed by atoms with Crippen molar-refractivity contribution in [3.63, 3.8) is 0 Å². The minimum Gasteiger partial charge on any atom is -0.471 e. The van der Waals surface area contributed by atoms with Crippen LogP contribution in [0.2, 0.25) is 0 Å². The summed E-state index contributed by atoms with van der Waals surface area (Å²) in [6.45, 7) is 2.72. The Kier molecular flexibility index (Phi) is 9.41. The Morgan fingerprint density at radius 2 is 1.73 bits per heavy atom. The molecule has 1 fully saturated rings. The molecule has 198 valence electrons. The van der Waals surface area contributed by atoms with Gasteiger partial charge in [0.2, 0.25) is 0 Å². The van der Waals surface area contributed by atoms with E-state index in [2.05, 4.69) is 87.1 Å². The second-order valence-electron chi connectivity index (χ2n) is 9.68. The number of methoxy groups -OCH3 is 1. The van der Waals surface area contributed by atoms with Gasteiger partial charge < -0.3 is 20.9 Å². The summed E-state index contributed by atoms with van der Waals surface area (Å²) >= 11 is 1.92. The van der Waals surface area contributed by atoms with Gasteiger partial charge in [0.25, 0.3) is 6.47 Å². The number of nitrogens with one attached hydrogen (secondary N) is 4. The first kappa shape index (κ1) is 26.9. The highest BCUT2D eigenvalue weighted by atomic mass is 32.2. The lowest BCUT2D eigenvalue weighted by atomic mass is 9.76. The van der Waals surface area contributed by atoms with Gasteiger partial charge in [-0.3, -0.25) is 10.2 Å². The monoisotopic (exact) mass is 521 g/mol. The van der Waals surface area contributed by atoms with Crippen molar-refractivity contribution in [1.29, 1.82) is 0 Å².